The van der Waals surface area contributed by atoms with Crippen LogP contribution in [0.1, 0.15) is 45.1 Å². The van der Waals surface area contributed by atoms with Crippen molar-refractivity contribution in [2.45, 2.75) is 52.1 Å². The molecule has 1 heterocycles. The first-order valence-corrected chi connectivity index (χ1v) is 9.62. The van der Waals surface area contributed by atoms with Crippen LogP contribution in [0.2, 0.25) is 0 Å². The average Bonchev–Trinajstić information content (AvgIpc) is 2.66. The van der Waals surface area contributed by atoms with Crippen molar-refractivity contribution in [3.63, 3.8) is 0 Å². The third-order valence-corrected chi connectivity index (χ3v) is 4.64. The minimum absolute atomic E-state index is 0. The summed E-state index contributed by atoms with van der Waals surface area (Å²) in [6, 6.07) is 9.04. The highest BCUT2D eigenvalue weighted by molar-refractivity contribution is 14.0. The number of aliphatic imine (C=N–C) groups is 1. The first-order chi connectivity index (χ1) is 12.2. The van der Waals surface area contributed by atoms with Crippen LogP contribution in [0.15, 0.2) is 29.3 Å². The van der Waals surface area contributed by atoms with Crippen molar-refractivity contribution in [3.8, 4) is 0 Å². The van der Waals surface area contributed by atoms with Gasteiger partial charge in [0, 0.05) is 38.4 Å². The lowest BCUT2D eigenvalue weighted by Crippen LogP contribution is -2.42. The molecule has 2 N–H and O–H groups in total. The molecule has 0 aliphatic carbocycles. The number of halogens is 1. The lowest BCUT2D eigenvalue weighted by atomic mass is 10.1. The maximum atomic E-state index is 5.47. The molecule has 0 amide bonds. The van der Waals surface area contributed by atoms with Gasteiger partial charge in [-0.2, -0.15) is 0 Å². The number of hydrogen-bond acceptors (Lipinski definition) is 3. The third kappa shape index (κ3) is 7.70. The second kappa shape index (κ2) is 13.2. The largest absolute Gasteiger partial charge is 0.378 e. The molecule has 0 bridgehead atoms. The summed E-state index contributed by atoms with van der Waals surface area (Å²) in [5, 5.41) is 6.97. The number of guanidine groups is 1. The second-order valence-corrected chi connectivity index (χ2v) is 6.70. The van der Waals surface area contributed by atoms with Crippen LogP contribution in [-0.2, 0) is 11.3 Å². The molecule has 2 rings (SSSR count). The zero-order valence-electron chi connectivity index (χ0n) is 16.5. The summed E-state index contributed by atoms with van der Waals surface area (Å²) >= 11 is 0. The summed E-state index contributed by atoms with van der Waals surface area (Å²) in [4.78, 5) is 6.78. The zero-order chi connectivity index (χ0) is 17.9. The number of unbranched alkanes of at least 4 members (excludes halogenated alkanes) is 2. The van der Waals surface area contributed by atoms with Crippen molar-refractivity contribution < 1.29 is 4.74 Å². The smallest absolute Gasteiger partial charge is 0.191 e. The summed E-state index contributed by atoms with van der Waals surface area (Å²) in [6.07, 6.45) is 5.00. The Kier molecular flexibility index (Phi) is 11.7. The van der Waals surface area contributed by atoms with Gasteiger partial charge < -0.3 is 20.3 Å². The van der Waals surface area contributed by atoms with E-state index < -0.39 is 0 Å². The minimum atomic E-state index is 0. The predicted octanol–water partition coefficient (Wildman–Crippen LogP) is 3.78. The first kappa shape index (κ1) is 23.0. The van der Waals surface area contributed by atoms with Crippen LogP contribution >= 0.6 is 24.0 Å². The topological polar surface area (TPSA) is 48.9 Å². The molecule has 1 saturated heterocycles. The number of hydrogen-bond donors (Lipinski definition) is 2. The van der Waals surface area contributed by atoms with Crippen molar-refractivity contribution >= 4 is 35.6 Å². The lowest BCUT2D eigenvalue weighted by Gasteiger charge is -2.30. The molecule has 0 saturated carbocycles. The van der Waals surface area contributed by atoms with E-state index in [0.29, 0.717) is 6.04 Å². The number of morpholine rings is 1. The fraction of sp³-hybridized carbons (Fsp3) is 0.650. The van der Waals surface area contributed by atoms with Crippen LogP contribution in [0.4, 0.5) is 5.69 Å². The van der Waals surface area contributed by atoms with Gasteiger partial charge >= 0.3 is 0 Å². The van der Waals surface area contributed by atoms with Crippen LogP contribution in [-0.4, -0.2) is 45.4 Å². The van der Waals surface area contributed by atoms with Crippen LogP contribution in [0, 0.1) is 0 Å². The molecule has 1 unspecified atom stereocenters. The molecule has 6 heteroatoms. The van der Waals surface area contributed by atoms with E-state index in [2.05, 4.69) is 58.6 Å². The van der Waals surface area contributed by atoms with Crippen LogP contribution in [0.25, 0.3) is 0 Å². The average molecular weight is 474 g/mol. The van der Waals surface area contributed by atoms with Crippen LogP contribution < -0.4 is 15.5 Å². The van der Waals surface area contributed by atoms with Gasteiger partial charge in [-0.1, -0.05) is 44.4 Å². The number of para-hydroxylation sites is 1. The van der Waals surface area contributed by atoms with Gasteiger partial charge in [-0.25, -0.2) is 0 Å². The van der Waals surface area contributed by atoms with Gasteiger partial charge in [0.05, 0.1) is 13.2 Å². The van der Waals surface area contributed by atoms with Gasteiger partial charge in [0.15, 0.2) is 5.96 Å². The van der Waals surface area contributed by atoms with Gasteiger partial charge in [0.1, 0.15) is 0 Å². The van der Waals surface area contributed by atoms with Gasteiger partial charge in [-0.3, -0.25) is 4.99 Å². The van der Waals surface area contributed by atoms with E-state index in [1.807, 2.05) is 7.05 Å². The third-order valence-electron chi connectivity index (χ3n) is 4.64. The van der Waals surface area contributed by atoms with Gasteiger partial charge in [0.2, 0.25) is 0 Å². The number of nitrogens with one attached hydrogen (secondary N) is 2. The summed E-state index contributed by atoms with van der Waals surface area (Å²) < 4.78 is 5.47. The Morgan fingerprint density at radius 1 is 1.23 bits per heavy atom. The van der Waals surface area contributed by atoms with Crippen molar-refractivity contribution in [1.29, 1.82) is 0 Å². The Morgan fingerprint density at radius 3 is 2.65 bits per heavy atom. The molecule has 1 aromatic rings. The van der Waals surface area contributed by atoms with Crippen LogP contribution in [0.3, 0.4) is 0 Å². The Bertz CT molecular complexity index is 532. The maximum Gasteiger partial charge on any atom is 0.191 e. The van der Waals surface area contributed by atoms with E-state index in [1.165, 1.54) is 36.9 Å². The molecule has 0 aromatic heterocycles. The number of anilines is 1. The van der Waals surface area contributed by atoms with E-state index >= 15 is 0 Å². The van der Waals surface area contributed by atoms with E-state index in [0.717, 1.165) is 38.8 Å². The van der Waals surface area contributed by atoms with Gasteiger partial charge in [0.25, 0.3) is 0 Å². The van der Waals surface area contributed by atoms with Crippen molar-refractivity contribution in [2.75, 3.05) is 38.3 Å². The molecule has 1 fully saturated rings. The predicted molar refractivity (Wildman–Crippen MR) is 122 cm³/mol. The molecule has 1 aliphatic rings. The molecule has 148 valence electrons. The first-order valence-electron chi connectivity index (χ1n) is 9.62. The van der Waals surface area contributed by atoms with Crippen molar-refractivity contribution in [3.05, 3.63) is 29.8 Å². The van der Waals surface area contributed by atoms with E-state index in [1.54, 1.807) is 0 Å². The Hall–Kier alpha value is -1.02. The summed E-state index contributed by atoms with van der Waals surface area (Å²) in [7, 11) is 1.84. The summed E-state index contributed by atoms with van der Waals surface area (Å²) in [5.41, 5.74) is 2.59. The normalized spacial score (nSPS) is 16.0. The van der Waals surface area contributed by atoms with Gasteiger partial charge in [-0.15, -0.1) is 24.0 Å². The number of ether oxygens (including phenoxy) is 1. The summed E-state index contributed by atoms with van der Waals surface area (Å²) in [5.74, 6) is 0.876. The van der Waals surface area contributed by atoms with E-state index in [-0.39, 0.29) is 24.0 Å². The zero-order valence-corrected chi connectivity index (χ0v) is 18.8. The van der Waals surface area contributed by atoms with Gasteiger partial charge in [-0.05, 0) is 25.0 Å². The fourth-order valence-corrected chi connectivity index (χ4v) is 3.15. The highest BCUT2D eigenvalue weighted by Crippen LogP contribution is 2.21. The molecular weight excluding hydrogens is 439 g/mol. The Labute approximate surface area is 176 Å². The Balaban J connectivity index is 0.00000338. The standard InChI is InChI=1S/C20H34N4O.HI/c1-4-5-6-9-17(2)23-20(21-3)22-16-18-10-7-8-11-19(18)24-12-14-25-15-13-24;/h7-8,10-11,17H,4-6,9,12-16H2,1-3H3,(H2,21,22,23);1H. The van der Waals surface area contributed by atoms with Crippen molar-refractivity contribution in [1.82, 2.24) is 10.6 Å². The molecule has 1 aromatic carbocycles. The molecule has 1 aliphatic heterocycles. The number of benzene rings is 1. The number of rotatable bonds is 8. The Morgan fingerprint density at radius 2 is 1.96 bits per heavy atom. The summed E-state index contributed by atoms with van der Waals surface area (Å²) in [6.45, 7) is 8.76. The monoisotopic (exact) mass is 474 g/mol. The molecule has 0 radical (unpaired) electrons. The maximum absolute atomic E-state index is 5.47. The quantitative estimate of drug-likeness (QED) is 0.261. The molecule has 1 atom stereocenters. The lowest BCUT2D eigenvalue weighted by molar-refractivity contribution is 0.122. The molecule has 0 spiro atoms. The number of nitrogens with zero attached hydrogens (tertiary/aromatic N) is 2. The highest BCUT2D eigenvalue weighted by atomic mass is 127. The minimum Gasteiger partial charge on any atom is -0.378 e. The second-order valence-electron chi connectivity index (χ2n) is 6.70. The fourth-order valence-electron chi connectivity index (χ4n) is 3.15. The SMILES string of the molecule is CCCCCC(C)NC(=NC)NCc1ccccc1N1CCOCC1.I. The van der Waals surface area contributed by atoms with E-state index in [4.69, 9.17) is 4.74 Å². The molecule has 26 heavy (non-hydrogen) atoms. The highest BCUT2D eigenvalue weighted by Gasteiger charge is 2.14. The van der Waals surface area contributed by atoms with E-state index in [9.17, 15) is 0 Å². The van der Waals surface area contributed by atoms with Crippen molar-refractivity contribution in [2.24, 2.45) is 4.99 Å². The van der Waals surface area contributed by atoms with Crippen LogP contribution in [0.5, 0.6) is 0 Å². The molecule has 5 nitrogen and oxygen atoms in total. The molecular formula is C20H35IN4O.